The van der Waals surface area contributed by atoms with Crippen LogP contribution in [0.1, 0.15) is 34.1 Å². The Morgan fingerprint density at radius 3 is 2.37 bits per heavy atom. The summed E-state index contributed by atoms with van der Waals surface area (Å²) < 4.78 is 53.6. The van der Waals surface area contributed by atoms with Crippen LogP contribution in [0.15, 0.2) is 23.1 Å². The number of nitrogens with one attached hydrogen (secondary N) is 1. The fourth-order valence-corrected chi connectivity index (χ4v) is 4.34. The number of halogens is 2. The van der Waals surface area contributed by atoms with Gasteiger partial charge in [-0.3, -0.25) is 9.69 Å². The minimum absolute atomic E-state index is 0.104. The lowest BCUT2D eigenvalue weighted by molar-refractivity contribution is -0.128. The molecule has 1 aromatic rings. The minimum Gasteiger partial charge on any atom is -0.350 e. The Balaban J connectivity index is 2.04. The molecule has 1 aliphatic heterocycles. The highest BCUT2D eigenvalue weighted by Gasteiger charge is 2.34. The number of nitrogens with zero attached hydrogens (tertiary/aromatic N) is 2. The fourth-order valence-electron chi connectivity index (χ4n) is 2.84. The largest absolute Gasteiger partial charge is 0.350 e. The van der Waals surface area contributed by atoms with Crippen LogP contribution in [0.3, 0.4) is 0 Å². The van der Waals surface area contributed by atoms with Gasteiger partial charge in [-0.25, -0.2) is 17.2 Å². The summed E-state index contributed by atoms with van der Waals surface area (Å²) in [6.07, 6.45) is 0.788. The zero-order valence-electron chi connectivity index (χ0n) is 16.1. The van der Waals surface area contributed by atoms with Crippen LogP contribution in [0.5, 0.6) is 0 Å². The average molecular weight is 403 g/mol. The topological polar surface area (TPSA) is 69.7 Å². The van der Waals surface area contributed by atoms with E-state index in [1.165, 1.54) is 0 Å². The molecule has 1 saturated heterocycles. The predicted octanol–water partition coefficient (Wildman–Crippen LogP) is 1.96. The van der Waals surface area contributed by atoms with Crippen molar-refractivity contribution in [2.24, 2.45) is 0 Å². The predicted molar refractivity (Wildman–Crippen MR) is 98.7 cm³/mol. The standard InChI is InChI=1S/C18H27F2N3O3S/c1-5-18(3,4)21-17(24)13(2)22-8-10-23(11-9-22)27(25,26)16-12-14(19)6-7-15(16)20/h6-7,12-13H,5,8-11H2,1-4H3,(H,21,24). The molecule has 1 unspecified atom stereocenters. The molecule has 1 heterocycles. The van der Waals surface area contributed by atoms with E-state index in [9.17, 15) is 22.0 Å². The SMILES string of the molecule is CCC(C)(C)NC(=O)C(C)N1CCN(S(=O)(=O)c2cc(F)ccc2F)CC1. The minimum atomic E-state index is -4.13. The Morgan fingerprint density at radius 2 is 1.81 bits per heavy atom. The molecule has 9 heteroatoms. The number of carbonyl (C=O) groups is 1. The molecule has 1 aliphatic rings. The van der Waals surface area contributed by atoms with Crippen molar-refractivity contribution in [1.29, 1.82) is 0 Å². The van der Waals surface area contributed by atoms with Crippen LogP contribution in [0, 0.1) is 11.6 Å². The lowest BCUT2D eigenvalue weighted by Gasteiger charge is -2.38. The van der Waals surface area contributed by atoms with E-state index in [0.29, 0.717) is 19.2 Å². The molecular weight excluding hydrogens is 376 g/mol. The van der Waals surface area contributed by atoms with E-state index in [0.717, 1.165) is 22.9 Å². The molecule has 0 aliphatic carbocycles. The Kier molecular flexibility index (Phi) is 6.59. The summed E-state index contributed by atoms with van der Waals surface area (Å²) in [7, 11) is -4.13. The van der Waals surface area contributed by atoms with E-state index in [-0.39, 0.29) is 24.5 Å². The second-order valence-corrected chi connectivity index (χ2v) is 9.32. The molecule has 0 saturated carbocycles. The van der Waals surface area contributed by atoms with Crippen LogP contribution >= 0.6 is 0 Å². The van der Waals surface area contributed by atoms with Gasteiger partial charge in [-0.15, -0.1) is 0 Å². The highest BCUT2D eigenvalue weighted by molar-refractivity contribution is 7.89. The molecule has 0 radical (unpaired) electrons. The van der Waals surface area contributed by atoms with Gasteiger partial charge < -0.3 is 5.32 Å². The molecule has 152 valence electrons. The Hall–Kier alpha value is -1.58. The van der Waals surface area contributed by atoms with Crippen molar-refractivity contribution in [2.45, 2.75) is 50.6 Å². The maximum absolute atomic E-state index is 13.9. The van der Waals surface area contributed by atoms with Gasteiger partial charge in [0.1, 0.15) is 16.5 Å². The third kappa shape index (κ3) is 5.03. The monoisotopic (exact) mass is 403 g/mol. The summed E-state index contributed by atoms with van der Waals surface area (Å²) >= 11 is 0. The maximum Gasteiger partial charge on any atom is 0.246 e. The maximum atomic E-state index is 13.9. The van der Waals surface area contributed by atoms with Crippen molar-refractivity contribution >= 4 is 15.9 Å². The molecule has 0 aromatic heterocycles. The first-order chi connectivity index (χ1) is 12.5. The molecule has 1 fully saturated rings. The zero-order valence-corrected chi connectivity index (χ0v) is 16.9. The van der Waals surface area contributed by atoms with Gasteiger partial charge in [0.25, 0.3) is 0 Å². The summed E-state index contributed by atoms with van der Waals surface area (Å²) in [6.45, 7) is 8.51. The van der Waals surface area contributed by atoms with Crippen LogP contribution in [0.4, 0.5) is 8.78 Å². The number of rotatable bonds is 6. The van der Waals surface area contributed by atoms with Crippen LogP contribution in [0.2, 0.25) is 0 Å². The molecule has 1 N–H and O–H groups in total. The van der Waals surface area contributed by atoms with E-state index in [2.05, 4.69) is 5.32 Å². The number of sulfonamides is 1. The van der Waals surface area contributed by atoms with Crippen LogP contribution in [0.25, 0.3) is 0 Å². The smallest absolute Gasteiger partial charge is 0.246 e. The van der Waals surface area contributed by atoms with Crippen molar-refractivity contribution in [3.05, 3.63) is 29.8 Å². The van der Waals surface area contributed by atoms with Gasteiger partial charge in [0, 0.05) is 31.7 Å². The van der Waals surface area contributed by atoms with E-state index in [1.807, 2.05) is 25.7 Å². The van der Waals surface area contributed by atoms with Crippen molar-refractivity contribution in [3.63, 3.8) is 0 Å². The summed E-state index contributed by atoms with van der Waals surface area (Å²) in [5, 5.41) is 2.98. The van der Waals surface area contributed by atoms with Gasteiger partial charge in [0.05, 0.1) is 6.04 Å². The van der Waals surface area contributed by atoms with Gasteiger partial charge in [-0.2, -0.15) is 4.31 Å². The van der Waals surface area contributed by atoms with Crippen LogP contribution in [-0.4, -0.2) is 61.3 Å². The second kappa shape index (κ2) is 8.20. The van der Waals surface area contributed by atoms with Crippen molar-refractivity contribution in [2.75, 3.05) is 26.2 Å². The molecule has 6 nitrogen and oxygen atoms in total. The van der Waals surface area contributed by atoms with Crippen LogP contribution in [-0.2, 0) is 14.8 Å². The van der Waals surface area contributed by atoms with Gasteiger partial charge in [0.15, 0.2) is 0 Å². The normalized spacial score (nSPS) is 18.3. The number of hydrogen-bond donors (Lipinski definition) is 1. The molecule has 1 atom stereocenters. The lowest BCUT2D eigenvalue weighted by Crippen LogP contribution is -2.57. The van der Waals surface area contributed by atoms with Crippen molar-refractivity contribution < 1.29 is 22.0 Å². The van der Waals surface area contributed by atoms with Gasteiger partial charge in [0.2, 0.25) is 15.9 Å². The molecule has 0 bridgehead atoms. The Bertz CT molecular complexity index is 791. The quantitative estimate of drug-likeness (QED) is 0.789. The fraction of sp³-hybridized carbons (Fsp3) is 0.611. The number of carbonyl (C=O) groups excluding carboxylic acids is 1. The van der Waals surface area contributed by atoms with Gasteiger partial charge in [-0.1, -0.05) is 6.92 Å². The summed E-state index contributed by atoms with van der Waals surface area (Å²) in [5.41, 5.74) is -0.314. The highest BCUT2D eigenvalue weighted by atomic mass is 32.2. The highest BCUT2D eigenvalue weighted by Crippen LogP contribution is 2.22. The molecule has 0 spiro atoms. The summed E-state index contributed by atoms with van der Waals surface area (Å²) in [4.78, 5) is 13.6. The van der Waals surface area contributed by atoms with Crippen molar-refractivity contribution in [1.82, 2.24) is 14.5 Å². The first-order valence-electron chi connectivity index (χ1n) is 8.99. The van der Waals surface area contributed by atoms with E-state index in [4.69, 9.17) is 0 Å². The second-order valence-electron chi connectivity index (χ2n) is 7.42. The number of amides is 1. The molecule has 27 heavy (non-hydrogen) atoms. The van der Waals surface area contributed by atoms with Gasteiger partial charge in [-0.05, 0) is 45.4 Å². The Labute approximate surface area is 159 Å². The molecule has 1 amide bonds. The average Bonchev–Trinajstić information content (AvgIpc) is 2.62. The first-order valence-corrected chi connectivity index (χ1v) is 10.4. The summed E-state index contributed by atoms with van der Waals surface area (Å²) in [5.74, 6) is -1.90. The lowest BCUT2D eigenvalue weighted by atomic mass is 10.0. The molecule has 2 rings (SSSR count). The number of piperazine rings is 1. The third-order valence-corrected chi connectivity index (χ3v) is 6.97. The summed E-state index contributed by atoms with van der Waals surface area (Å²) in [6, 6.07) is 1.97. The van der Waals surface area contributed by atoms with Gasteiger partial charge >= 0.3 is 0 Å². The molecular formula is C18H27F2N3O3S. The van der Waals surface area contributed by atoms with E-state index < -0.39 is 32.6 Å². The number of hydrogen-bond acceptors (Lipinski definition) is 4. The molecule has 1 aromatic carbocycles. The van der Waals surface area contributed by atoms with Crippen LogP contribution < -0.4 is 5.32 Å². The zero-order chi connectivity index (χ0) is 20.4. The van der Waals surface area contributed by atoms with E-state index in [1.54, 1.807) is 6.92 Å². The first kappa shape index (κ1) is 21.7. The van der Waals surface area contributed by atoms with Crippen molar-refractivity contribution in [3.8, 4) is 0 Å². The van der Waals surface area contributed by atoms with E-state index >= 15 is 0 Å². The number of benzene rings is 1. The third-order valence-electron chi connectivity index (χ3n) is 5.06. The Morgan fingerprint density at radius 1 is 1.22 bits per heavy atom.